The van der Waals surface area contributed by atoms with Crippen LogP contribution in [0.3, 0.4) is 0 Å². The number of hydrogen-bond donors (Lipinski definition) is 2. The average Bonchev–Trinajstić information content (AvgIpc) is 2.76. The highest BCUT2D eigenvalue weighted by Gasteiger charge is 2.36. The molecule has 1 aliphatic heterocycles. The fourth-order valence-electron chi connectivity index (χ4n) is 4.31. The van der Waals surface area contributed by atoms with Gasteiger partial charge in [-0.15, -0.1) is 6.58 Å². The number of amides is 3. The Morgan fingerprint density at radius 1 is 1.21 bits per heavy atom. The van der Waals surface area contributed by atoms with Crippen LogP contribution < -0.4 is 11.1 Å². The normalized spacial score (nSPS) is 22.9. The molecular formula is C22H37N3O3. The van der Waals surface area contributed by atoms with Gasteiger partial charge in [-0.2, -0.15) is 0 Å². The minimum Gasteiger partial charge on any atom is -0.369 e. The van der Waals surface area contributed by atoms with Gasteiger partial charge in [-0.3, -0.25) is 14.4 Å². The molecule has 1 aliphatic carbocycles. The maximum atomic E-state index is 13.1. The van der Waals surface area contributed by atoms with E-state index >= 15 is 0 Å². The number of carbonyl (C=O) groups excluding carboxylic acids is 3. The molecule has 2 rings (SSSR count). The van der Waals surface area contributed by atoms with Crippen LogP contribution in [0.1, 0.15) is 65.2 Å². The largest absolute Gasteiger partial charge is 0.369 e. The second-order valence-electron chi connectivity index (χ2n) is 8.91. The van der Waals surface area contributed by atoms with Crippen molar-refractivity contribution in [2.45, 2.75) is 71.3 Å². The molecule has 1 saturated carbocycles. The van der Waals surface area contributed by atoms with Gasteiger partial charge in [0.1, 0.15) is 6.04 Å². The molecule has 3 N–H and O–H groups in total. The number of nitrogens with zero attached hydrogens (tertiary/aromatic N) is 1. The summed E-state index contributed by atoms with van der Waals surface area (Å²) in [7, 11) is 0. The van der Waals surface area contributed by atoms with E-state index in [1.165, 1.54) is 19.3 Å². The highest BCUT2D eigenvalue weighted by molar-refractivity contribution is 5.91. The van der Waals surface area contributed by atoms with Gasteiger partial charge in [0, 0.05) is 13.1 Å². The Morgan fingerprint density at radius 2 is 1.93 bits per heavy atom. The second kappa shape index (κ2) is 10.6. The van der Waals surface area contributed by atoms with Crippen LogP contribution in [0, 0.1) is 23.7 Å². The molecule has 0 spiro atoms. The highest BCUT2D eigenvalue weighted by atomic mass is 16.2. The predicted molar refractivity (Wildman–Crippen MR) is 110 cm³/mol. The van der Waals surface area contributed by atoms with E-state index in [9.17, 15) is 14.4 Å². The van der Waals surface area contributed by atoms with Gasteiger partial charge < -0.3 is 16.0 Å². The number of allylic oxidation sites excluding steroid dienone is 1. The summed E-state index contributed by atoms with van der Waals surface area (Å²) in [5, 5.41) is 2.97. The van der Waals surface area contributed by atoms with E-state index in [1.54, 1.807) is 6.08 Å². The first-order valence-corrected chi connectivity index (χ1v) is 10.8. The molecule has 3 amide bonds. The first kappa shape index (κ1) is 22.4. The van der Waals surface area contributed by atoms with Crippen molar-refractivity contribution in [2.24, 2.45) is 29.4 Å². The summed E-state index contributed by atoms with van der Waals surface area (Å²) in [6.07, 6.45) is 8.74. The van der Waals surface area contributed by atoms with Crippen molar-refractivity contribution in [2.75, 3.05) is 13.1 Å². The van der Waals surface area contributed by atoms with Crippen LogP contribution >= 0.6 is 0 Å². The van der Waals surface area contributed by atoms with E-state index in [1.807, 2.05) is 18.7 Å². The van der Waals surface area contributed by atoms with Crippen LogP contribution in [0.5, 0.6) is 0 Å². The fraction of sp³-hybridized carbons (Fsp3) is 0.773. The molecule has 6 heteroatoms. The van der Waals surface area contributed by atoms with Crippen molar-refractivity contribution in [3.8, 4) is 0 Å². The molecule has 0 aromatic heterocycles. The van der Waals surface area contributed by atoms with E-state index in [-0.39, 0.29) is 17.7 Å². The van der Waals surface area contributed by atoms with Crippen molar-refractivity contribution < 1.29 is 14.4 Å². The summed E-state index contributed by atoms with van der Waals surface area (Å²) >= 11 is 0. The van der Waals surface area contributed by atoms with Gasteiger partial charge in [0.2, 0.25) is 17.7 Å². The van der Waals surface area contributed by atoms with Crippen molar-refractivity contribution >= 4 is 17.7 Å². The van der Waals surface area contributed by atoms with Crippen molar-refractivity contribution in [1.82, 2.24) is 10.2 Å². The van der Waals surface area contributed by atoms with Crippen LogP contribution in [0.15, 0.2) is 12.7 Å². The van der Waals surface area contributed by atoms with Gasteiger partial charge in [0.15, 0.2) is 0 Å². The van der Waals surface area contributed by atoms with E-state index in [0.717, 1.165) is 25.9 Å². The Kier molecular flexibility index (Phi) is 8.52. The lowest BCUT2D eigenvalue weighted by atomic mass is 9.82. The lowest BCUT2D eigenvalue weighted by Crippen LogP contribution is -2.51. The molecule has 1 saturated heterocycles. The van der Waals surface area contributed by atoms with Gasteiger partial charge >= 0.3 is 0 Å². The minimum absolute atomic E-state index is 0.0281. The fourth-order valence-corrected chi connectivity index (χ4v) is 4.31. The van der Waals surface area contributed by atoms with Gasteiger partial charge in [-0.05, 0) is 56.8 Å². The standard InChI is InChI=1S/C22H37N3O3/c1-4-8-17(20(23)26)18(13-15(2)3)21(27)24-19-11-5-6-12-25(22(19)28)14-16-9-7-10-16/h4,15-19H,1,5-14H2,2-3H3,(H2,23,26)(H,24,27)/t17?,18?,19-/m0/s1. The monoisotopic (exact) mass is 391 g/mol. The van der Waals surface area contributed by atoms with Gasteiger partial charge in [0.25, 0.3) is 0 Å². The van der Waals surface area contributed by atoms with E-state index in [0.29, 0.717) is 25.2 Å². The Balaban J connectivity index is 2.09. The molecule has 0 aromatic carbocycles. The molecule has 0 aromatic rings. The van der Waals surface area contributed by atoms with E-state index in [4.69, 9.17) is 5.73 Å². The first-order chi connectivity index (χ1) is 13.3. The van der Waals surface area contributed by atoms with Crippen LogP contribution in [0.2, 0.25) is 0 Å². The molecule has 158 valence electrons. The molecule has 2 unspecified atom stereocenters. The Bertz CT molecular complexity index is 571. The Morgan fingerprint density at radius 3 is 2.46 bits per heavy atom. The van der Waals surface area contributed by atoms with Crippen molar-refractivity contribution in [3.63, 3.8) is 0 Å². The zero-order valence-electron chi connectivity index (χ0n) is 17.5. The summed E-state index contributed by atoms with van der Waals surface area (Å²) in [4.78, 5) is 40.0. The van der Waals surface area contributed by atoms with Crippen LogP contribution in [0.4, 0.5) is 0 Å². The molecule has 0 radical (unpaired) electrons. The van der Waals surface area contributed by atoms with Crippen LogP contribution in [-0.2, 0) is 14.4 Å². The third-order valence-electron chi connectivity index (χ3n) is 6.13. The zero-order chi connectivity index (χ0) is 20.7. The van der Waals surface area contributed by atoms with E-state index in [2.05, 4.69) is 11.9 Å². The van der Waals surface area contributed by atoms with Gasteiger partial charge in [0.05, 0.1) is 11.8 Å². The zero-order valence-corrected chi connectivity index (χ0v) is 17.5. The summed E-state index contributed by atoms with van der Waals surface area (Å²) in [6, 6.07) is -0.498. The number of hydrogen-bond acceptors (Lipinski definition) is 3. The number of nitrogens with one attached hydrogen (secondary N) is 1. The molecule has 2 aliphatic rings. The lowest BCUT2D eigenvalue weighted by molar-refractivity contribution is -0.139. The molecule has 1 heterocycles. The number of likely N-dealkylation sites (tertiary alicyclic amines) is 1. The SMILES string of the molecule is C=CCC(C(N)=O)C(CC(C)C)C(=O)N[C@H]1CCCCN(CC2CCC2)C1=O. The Labute approximate surface area is 169 Å². The molecule has 28 heavy (non-hydrogen) atoms. The van der Waals surface area contributed by atoms with Crippen LogP contribution in [0.25, 0.3) is 0 Å². The third kappa shape index (κ3) is 6.08. The molecule has 0 bridgehead atoms. The summed E-state index contributed by atoms with van der Waals surface area (Å²) in [6.45, 7) is 9.31. The topological polar surface area (TPSA) is 92.5 Å². The van der Waals surface area contributed by atoms with Gasteiger partial charge in [-0.1, -0.05) is 26.3 Å². The smallest absolute Gasteiger partial charge is 0.245 e. The number of primary amides is 1. The first-order valence-electron chi connectivity index (χ1n) is 10.8. The average molecular weight is 392 g/mol. The van der Waals surface area contributed by atoms with E-state index < -0.39 is 23.8 Å². The minimum atomic E-state index is -0.591. The number of rotatable bonds is 10. The number of carbonyl (C=O) groups is 3. The number of nitrogens with two attached hydrogens (primary N) is 1. The summed E-state index contributed by atoms with van der Waals surface area (Å²) in [5.41, 5.74) is 5.58. The summed E-state index contributed by atoms with van der Waals surface area (Å²) in [5.74, 6) is -0.970. The third-order valence-corrected chi connectivity index (χ3v) is 6.13. The molecule has 3 atom stereocenters. The second-order valence-corrected chi connectivity index (χ2v) is 8.91. The Hall–Kier alpha value is -1.85. The molecule has 6 nitrogen and oxygen atoms in total. The summed E-state index contributed by atoms with van der Waals surface area (Å²) < 4.78 is 0. The molecular weight excluding hydrogens is 354 g/mol. The lowest BCUT2D eigenvalue weighted by Gasteiger charge is -2.33. The quantitative estimate of drug-likeness (QED) is 0.561. The van der Waals surface area contributed by atoms with Crippen molar-refractivity contribution in [1.29, 1.82) is 0 Å². The predicted octanol–water partition coefficient (Wildman–Crippen LogP) is 2.62. The molecule has 2 fully saturated rings. The van der Waals surface area contributed by atoms with Crippen LogP contribution in [-0.4, -0.2) is 41.8 Å². The van der Waals surface area contributed by atoms with Crippen molar-refractivity contribution in [3.05, 3.63) is 12.7 Å². The maximum Gasteiger partial charge on any atom is 0.245 e. The highest BCUT2D eigenvalue weighted by Crippen LogP contribution is 2.29. The van der Waals surface area contributed by atoms with Gasteiger partial charge in [-0.25, -0.2) is 0 Å². The maximum absolute atomic E-state index is 13.1.